The lowest BCUT2D eigenvalue weighted by molar-refractivity contribution is -0.0416. The summed E-state index contributed by atoms with van der Waals surface area (Å²) in [5.41, 5.74) is -0.0885. The van der Waals surface area contributed by atoms with Gasteiger partial charge in [0.15, 0.2) is 5.67 Å². The molecule has 0 aromatic heterocycles. The molecule has 0 N–H and O–H groups in total. The zero-order valence-electron chi connectivity index (χ0n) is 12.8. The largest absolute Gasteiger partial charge is 0.497 e. The van der Waals surface area contributed by atoms with Gasteiger partial charge in [0.1, 0.15) is 11.9 Å². The molecule has 0 radical (unpaired) electrons. The molecule has 2 atom stereocenters. The van der Waals surface area contributed by atoms with E-state index in [0.29, 0.717) is 12.2 Å². The second kappa shape index (κ2) is 6.99. The second-order valence-corrected chi connectivity index (χ2v) is 6.45. The van der Waals surface area contributed by atoms with Gasteiger partial charge >= 0.3 is 0 Å². The third-order valence-corrected chi connectivity index (χ3v) is 4.50. The van der Waals surface area contributed by atoms with Gasteiger partial charge in [-0.3, -0.25) is 0 Å². The molecule has 2 unspecified atom stereocenters. The Hall–Kier alpha value is -1.43. The molecule has 1 aliphatic heterocycles. The predicted molar refractivity (Wildman–Crippen MR) is 89.3 cm³/mol. The molecular weight excluding hydrogens is 363 g/mol. The van der Waals surface area contributed by atoms with E-state index in [1.807, 2.05) is 36.4 Å². The highest BCUT2D eigenvalue weighted by atomic mass is 79.9. The minimum atomic E-state index is -1.63. The maximum absolute atomic E-state index is 15.4. The zero-order chi connectivity index (χ0) is 16.3. The number of hydrogen-bond acceptors (Lipinski definition) is 3. The topological polar surface area (TPSA) is 27.7 Å². The maximum atomic E-state index is 15.4. The van der Waals surface area contributed by atoms with Crippen molar-refractivity contribution in [3.63, 3.8) is 0 Å². The minimum Gasteiger partial charge on any atom is -0.497 e. The standard InChI is InChI=1S/C18H18BrFO3/c1-21-16-7-5-13(6-8-16)10-23-17-11-22-12-18(17,20)14-3-2-4-15(19)9-14/h2-9,17H,10-12H2,1H3. The van der Waals surface area contributed by atoms with E-state index >= 15 is 4.39 Å². The van der Waals surface area contributed by atoms with Gasteiger partial charge in [-0.15, -0.1) is 0 Å². The van der Waals surface area contributed by atoms with Gasteiger partial charge < -0.3 is 14.2 Å². The first-order chi connectivity index (χ1) is 11.1. The monoisotopic (exact) mass is 380 g/mol. The number of methoxy groups -OCH3 is 1. The van der Waals surface area contributed by atoms with Gasteiger partial charge in [0.05, 0.1) is 26.9 Å². The van der Waals surface area contributed by atoms with E-state index in [0.717, 1.165) is 15.8 Å². The summed E-state index contributed by atoms with van der Waals surface area (Å²) in [6, 6.07) is 14.8. The van der Waals surface area contributed by atoms with Gasteiger partial charge in [-0.1, -0.05) is 40.2 Å². The molecule has 23 heavy (non-hydrogen) atoms. The SMILES string of the molecule is COc1ccc(COC2COCC2(F)c2cccc(Br)c2)cc1. The van der Waals surface area contributed by atoms with E-state index in [1.54, 1.807) is 19.2 Å². The van der Waals surface area contributed by atoms with Crippen molar-refractivity contribution in [1.82, 2.24) is 0 Å². The fourth-order valence-corrected chi connectivity index (χ4v) is 3.05. The highest BCUT2D eigenvalue weighted by molar-refractivity contribution is 9.10. The van der Waals surface area contributed by atoms with Crippen molar-refractivity contribution in [2.75, 3.05) is 20.3 Å². The fourth-order valence-electron chi connectivity index (χ4n) is 2.65. The van der Waals surface area contributed by atoms with Crippen molar-refractivity contribution in [2.24, 2.45) is 0 Å². The molecule has 1 aliphatic rings. The van der Waals surface area contributed by atoms with Crippen molar-refractivity contribution >= 4 is 15.9 Å². The molecule has 5 heteroatoms. The molecule has 122 valence electrons. The quantitative estimate of drug-likeness (QED) is 0.776. The average Bonchev–Trinajstić information content (AvgIpc) is 2.95. The van der Waals surface area contributed by atoms with E-state index in [1.165, 1.54) is 0 Å². The Labute approximate surface area is 143 Å². The van der Waals surface area contributed by atoms with Crippen LogP contribution in [0.5, 0.6) is 5.75 Å². The number of alkyl halides is 1. The maximum Gasteiger partial charge on any atom is 0.187 e. The first-order valence-electron chi connectivity index (χ1n) is 7.39. The molecule has 2 aromatic carbocycles. The van der Waals surface area contributed by atoms with Gasteiger partial charge in [0.25, 0.3) is 0 Å². The van der Waals surface area contributed by atoms with Crippen LogP contribution < -0.4 is 4.74 Å². The molecular formula is C18H18BrFO3. The number of halogens is 2. The molecule has 0 saturated carbocycles. The molecule has 3 rings (SSSR count). The number of rotatable bonds is 5. The predicted octanol–water partition coefficient (Wildman–Crippen LogP) is 4.24. The average molecular weight is 381 g/mol. The van der Waals surface area contributed by atoms with Crippen molar-refractivity contribution in [1.29, 1.82) is 0 Å². The number of ether oxygens (including phenoxy) is 3. The van der Waals surface area contributed by atoms with Crippen LogP contribution in [0.3, 0.4) is 0 Å². The van der Waals surface area contributed by atoms with E-state index in [4.69, 9.17) is 14.2 Å². The Morgan fingerprint density at radius 2 is 2.04 bits per heavy atom. The van der Waals surface area contributed by atoms with Crippen LogP contribution in [0, 0.1) is 0 Å². The summed E-state index contributed by atoms with van der Waals surface area (Å²) in [4.78, 5) is 0. The number of hydrogen-bond donors (Lipinski definition) is 0. The molecule has 2 aromatic rings. The summed E-state index contributed by atoms with van der Waals surface area (Å²) in [6.07, 6.45) is -0.626. The van der Waals surface area contributed by atoms with Gasteiger partial charge in [0.2, 0.25) is 0 Å². The summed E-state index contributed by atoms with van der Waals surface area (Å²) in [6.45, 7) is 0.591. The van der Waals surface area contributed by atoms with E-state index in [-0.39, 0.29) is 13.2 Å². The molecule has 1 saturated heterocycles. The van der Waals surface area contributed by atoms with E-state index in [9.17, 15) is 0 Å². The van der Waals surface area contributed by atoms with Crippen molar-refractivity contribution in [3.05, 3.63) is 64.1 Å². The molecule has 0 bridgehead atoms. The van der Waals surface area contributed by atoms with Crippen LogP contribution >= 0.6 is 15.9 Å². The Morgan fingerprint density at radius 1 is 1.26 bits per heavy atom. The summed E-state index contributed by atoms with van der Waals surface area (Å²) < 4.78 is 32.6. The number of benzene rings is 2. The highest BCUT2D eigenvalue weighted by Crippen LogP contribution is 2.38. The lowest BCUT2D eigenvalue weighted by Crippen LogP contribution is -2.36. The van der Waals surface area contributed by atoms with Crippen LogP contribution in [0.25, 0.3) is 0 Å². The van der Waals surface area contributed by atoms with E-state index < -0.39 is 11.8 Å². The van der Waals surface area contributed by atoms with Crippen LogP contribution in [0.4, 0.5) is 4.39 Å². The summed E-state index contributed by atoms with van der Waals surface area (Å²) in [7, 11) is 1.62. The Kier molecular flexibility index (Phi) is 4.99. The van der Waals surface area contributed by atoms with Crippen LogP contribution in [0.15, 0.2) is 53.0 Å². The normalized spacial score (nSPS) is 23.9. The van der Waals surface area contributed by atoms with Crippen LogP contribution in [0.1, 0.15) is 11.1 Å². The highest BCUT2D eigenvalue weighted by Gasteiger charge is 2.47. The van der Waals surface area contributed by atoms with Crippen molar-refractivity contribution < 1.29 is 18.6 Å². The van der Waals surface area contributed by atoms with Crippen LogP contribution in [0.2, 0.25) is 0 Å². The van der Waals surface area contributed by atoms with Crippen LogP contribution in [-0.4, -0.2) is 26.4 Å². The third kappa shape index (κ3) is 3.57. The molecule has 0 spiro atoms. The molecule has 0 amide bonds. The van der Waals surface area contributed by atoms with Crippen molar-refractivity contribution in [3.8, 4) is 5.75 Å². The Bertz CT molecular complexity index is 662. The molecule has 1 fully saturated rings. The summed E-state index contributed by atoms with van der Waals surface area (Å²) >= 11 is 3.38. The van der Waals surface area contributed by atoms with Gasteiger partial charge in [-0.2, -0.15) is 0 Å². The van der Waals surface area contributed by atoms with Gasteiger partial charge in [0, 0.05) is 4.47 Å². The minimum absolute atomic E-state index is 0.0106. The smallest absolute Gasteiger partial charge is 0.187 e. The summed E-state index contributed by atoms with van der Waals surface area (Å²) in [5, 5.41) is 0. The van der Waals surface area contributed by atoms with Gasteiger partial charge in [-0.05, 0) is 35.4 Å². The summed E-state index contributed by atoms with van der Waals surface area (Å²) in [5.74, 6) is 0.784. The van der Waals surface area contributed by atoms with Gasteiger partial charge in [-0.25, -0.2) is 4.39 Å². The van der Waals surface area contributed by atoms with E-state index in [2.05, 4.69) is 15.9 Å². The zero-order valence-corrected chi connectivity index (χ0v) is 14.4. The lowest BCUT2D eigenvalue weighted by atomic mass is 9.92. The molecule has 3 nitrogen and oxygen atoms in total. The first-order valence-corrected chi connectivity index (χ1v) is 8.18. The third-order valence-electron chi connectivity index (χ3n) is 4.01. The molecule has 0 aliphatic carbocycles. The lowest BCUT2D eigenvalue weighted by Gasteiger charge is -2.26. The van der Waals surface area contributed by atoms with Crippen LogP contribution in [-0.2, 0) is 21.7 Å². The Balaban J connectivity index is 1.71. The first kappa shape index (κ1) is 16.4. The second-order valence-electron chi connectivity index (χ2n) is 5.54. The Morgan fingerprint density at radius 3 is 2.74 bits per heavy atom. The van der Waals surface area contributed by atoms with Crippen molar-refractivity contribution in [2.45, 2.75) is 18.4 Å². The molecule has 1 heterocycles. The fraction of sp³-hybridized carbons (Fsp3) is 0.333.